The van der Waals surface area contributed by atoms with Crippen LogP contribution in [0.25, 0.3) is 0 Å². The van der Waals surface area contributed by atoms with Gasteiger partial charge in [-0.25, -0.2) is 8.78 Å². The van der Waals surface area contributed by atoms with Gasteiger partial charge in [-0.1, -0.05) is 12.1 Å². The second-order valence-electron chi connectivity index (χ2n) is 3.94. The maximum absolute atomic E-state index is 13.7. The number of benzene rings is 1. The lowest BCUT2D eigenvalue weighted by Crippen LogP contribution is -2.19. The van der Waals surface area contributed by atoms with E-state index in [1.165, 1.54) is 31.2 Å². The van der Waals surface area contributed by atoms with Crippen molar-refractivity contribution < 1.29 is 13.6 Å². The summed E-state index contributed by atoms with van der Waals surface area (Å²) in [5, 5.41) is 2.10. The fourth-order valence-corrected chi connectivity index (χ4v) is 1.53. The number of rotatable bonds is 2. The summed E-state index contributed by atoms with van der Waals surface area (Å²) in [6, 6.07) is 6.26. The van der Waals surface area contributed by atoms with Crippen LogP contribution in [-0.2, 0) is 0 Å². The summed E-state index contributed by atoms with van der Waals surface area (Å²) in [7, 11) is 0. The molecule has 0 unspecified atom stereocenters. The molecular formula is C13H10F2N2O2. The molecule has 1 aromatic carbocycles. The van der Waals surface area contributed by atoms with E-state index in [0.717, 1.165) is 6.07 Å². The van der Waals surface area contributed by atoms with Gasteiger partial charge >= 0.3 is 0 Å². The molecule has 0 fully saturated rings. The zero-order valence-electron chi connectivity index (χ0n) is 9.96. The first kappa shape index (κ1) is 12.9. The highest BCUT2D eigenvalue weighted by atomic mass is 19.1. The fraction of sp³-hybridized carbons (Fsp3) is 0.0769. The Bertz CT molecular complexity index is 695. The number of anilines is 1. The average Bonchev–Trinajstić information content (AvgIpc) is 2.39. The van der Waals surface area contributed by atoms with Crippen LogP contribution >= 0.6 is 0 Å². The van der Waals surface area contributed by atoms with E-state index in [-0.39, 0.29) is 11.3 Å². The smallest absolute Gasteiger partial charge is 0.272 e. The van der Waals surface area contributed by atoms with Crippen molar-refractivity contribution in [1.82, 2.24) is 4.98 Å². The van der Waals surface area contributed by atoms with Gasteiger partial charge in [0.25, 0.3) is 5.91 Å². The predicted molar refractivity (Wildman–Crippen MR) is 66.1 cm³/mol. The number of carbonyl (C=O) groups excluding carboxylic acids is 1. The van der Waals surface area contributed by atoms with Crippen molar-refractivity contribution in [3.8, 4) is 0 Å². The van der Waals surface area contributed by atoms with Crippen molar-refractivity contribution in [3.63, 3.8) is 0 Å². The van der Waals surface area contributed by atoms with Gasteiger partial charge < -0.3 is 10.3 Å². The molecule has 4 nitrogen and oxygen atoms in total. The maximum atomic E-state index is 13.7. The van der Waals surface area contributed by atoms with E-state index in [9.17, 15) is 18.4 Å². The number of halogens is 2. The molecule has 0 radical (unpaired) electrons. The minimum Gasteiger partial charge on any atom is -0.318 e. The van der Waals surface area contributed by atoms with Gasteiger partial charge in [0, 0.05) is 6.07 Å². The van der Waals surface area contributed by atoms with Crippen LogP contribution in [0.2, 0.25) is 0 Å². The molecule has 1 aromatic heterocycles. The molecule has 0 saturated heterocycles. The number of nitrogens with one attached hydrogen (secondary N) is 2. The highest BCUT2D eigenvalue weighted by Crippen LogP contribution is 2.21. The summed E-state index contributed by atoms with van der Waals surface area (Å²) >= 11 is 0. The van der Waals surface area contributed by atoms with Crippen LogP contribution in [0.3, 0.4) is 0 Å². The monoisotopic (exact) mass is 264 g/mol. The first-order valence-electron chi connectivity index (χ1n) is 5.44. The first-order valence-corrected chi connectivity index (χ1v) is 5.44. The number of amides is 1. The quantitative estimate of drug-likeness (QED) is 0.873. The van der Waals surface area contributed by atoms with Gasteiger partial charge in [-0.2, -0.15) is 0 Å². The molecule has 2 N–H and O–H groups in total. The number of aryl methyl sites for hydroxylation is 1. The van der Waals surface area contributed by atoms with Gasteiger partial charge in [0.05, 0.1) is 0 Å². The van der Waals surface area contributed by atoms with Gasteiger partial charge in [0.1, 0.15) is 17.2 Å². The Morgan fingerprint density at radius 3 is 2.63 bits per heavy atom. The van der Waals surface area contributed by atoms with Crippen molar-refractivity contribution in [2.75, 3.05) is 5.32 Å². The van der Waals surface area contributed by atoms with Crippen LogP contribution in [0.5, 0.6) is 0 Å². The highest BCUT2D eigenvalue weighted by Gasteiger charge is 2.15. The summed E-state index contributed by atoms with van der Waals surface area (Å²) < 4.78 is 27.2. The third-order valence-corrected chi connectivity index (χ3v) is 2.54. The van der Waals surface area contributed by atoms with E-state index in [0.29, 0.717) is 0 Å². The Balaban J connectivity index is 2.34. The van der Waals surface area contributed by atoms with Crippen LogP contribution in [0.1, 0.15) is 16.1 Å². The van der Waals surface area contributed by atoms with Crippen molar-refractivity contribution in [2.24, 2.45) is 0 Å². The van der Waals surface area contributed by atoms with Crippen molar-refractivity contribution in [1.29, 1.82) is 0 Å². The van der Waals surface area contributed by atoms with Gasteiger partial charge in [-0.3, -0.25) is 9.59 Å². The van der Waals surface area contributed by atoms with Crippen LogP contribution in [0.4, 0.5) is 14.5 Å². The lowest BCUT2D eigenvalue weighted by Gasteiger charge is -2.09. The molecular weight excluding hydrogens is 254 g/mol. The van der Waals surface area contributed by atoms with E-state index in [1.807, 2.05) is 0 Å². The highest BCUT2D eigenvalue weighted by molar-refractivity contribution is 6.03. The molecule has 2 aromatic rings. The summed E-state index contributed by atoms with van der Waals surface area (Å²) in [6.45, 7) is 1.45. The molecule has 0 atom stereocenters. The summed E-state index contributed by atoms with van der Waals surface area (Å²) in [5.41, 5.74) is -0.876. The Morgan fingerprint density at radius 1 is 1.21 bits per heavy atom. The Morgan fingerprint density at radius 2 is 1.95 bits per heavy atom. The summed E-state index contributed by atoms with van der Waals surface area (Å²) in [4.78, 5) is 25.1. The molecule has 0 saturated carbocycles. The van der Waals surface area contributed by atoms with Gasteiger partial charge in [0.2, 0.25) is 5.56 Å². The standard InChI is InChI=1S/C13H10F2N2O2/c1-7-5-6-8(14)12(11(7)15)17-13(19)9-3-2-4-10(18)16-9/h2-6H,1H3,(H,16,18)(H,17,19). The maximum Gasteiger partial charge on any atom is 0.272 e. The number of H-pyrrole nitrogens is 1. The van der Waals surface area contributed by atoms with E-state index < -0.39 is 28.8 Å². The van der Waals surface area contributed by atoms with Crippen molar-refractivity contribution in [2.45, 2.75) is 6.92 Å². The average molecular weight is 264 g/mol. The number of aromatic nitrogens is 1. The van der Waals surface area contributed by atoms with Crippen LogP contribution < -0.4 is 10.9 Å². The number of hydrogen-bond donors (Lipinski definition) is 2. The van der Waals surface area contributed by atoms with Crippen LogP contribution in [0.15, 0.2) is 35.1 Å². The van der Waals surface area contributed by atoms with Crippen molar-refractivity contribution >= 4 is 11.6 Å². The zero-order valence-corrected chi connectivity index (χ0v) is 9.96. The SMILES string of the molecule is Cc1ccc(F)c(NC(=O)c2cccc(=O)[nH]2)c1F. The number of carbonyl (C=O) groups is 1. The molecule has 0 aliphatic rings. The molecule has 1 heterocycles. The second kappa shape index (κ2) is 5.01. The van der Waals surface area contributed by atoms with Gasteiger partial charge in [0.15, 0.2) is 5.82 Å². The van der Waals surface area contributed by atoms with E-state index >= 15 is 0 Å². The van der Waals surface area contributed by atoms with Crippen LogP contribution in [0, 0.1) is 18.6 Å². The minimum atomic E-state index is -0.880. The fourth-order valence-electron chi connectivity index (χ4n) is 1.53. The number of aromatic amines is 1. The van der Waals surface area contributed by atoms with Gasteiger partial charge in [-0.15, -0.1) is 0 Å². The number of hydrogen-bond acceptors (Lipinski definition) is 2. The Labute approximate surface area is 107 Å². The van der Waals surface area contributed by atoms with E-state index in [1.54, 1.807) is 0 Å². The van der Waals surface area contributed by atoms with E-state index in [2.05, 4.69) is 10.3 Å². The Kier molecular flexibility index (Phi) is 3.41. The van der Waals surface area contributed by atoms with Crippen molar-refractivity contribution in [3.05, 3.63) is 63.6 Å². The molecule has 0 spiro atoms. The molecule has 1 amide bonds. The first-order chi connectivity index (χ1) is 8.99. The zero-order chi connectivity index (χ0) is 14.0. The predicted octanol–water partition coefficient (Wildman–Crippen LogP) is 2.21. The van der Waals surface area contributed by atoms with Gasteiger partial charge in [-0.05, 0) is 24.6 Å². The van der Waals surface area contributed by atoms with Crippen LogP contribution in [-0.4, -0.2) is 10.9 Å². The lowest BCUT2D eigenvalue weighted by atomic mass is 10.2. The molecule has 19 heavy (non-hydrogen) atoms. The molecule has 0 aliphatic heterocycles. The molecule has 2 rings (SSSR count). The Hall–Kier alpha value is -2.50. The molecule has 0 bridgehead atoms. The molecule has 0 aliphatic carbocycles. The molecule has 98 valence electrons. The number of pyridine rings is 1. The normalized spacial score (nSPS) is 10.3. The second-order valence-corrected chi connectivity index (χ2v) is 3.94. The van der Waals surface area contributed by atoms with E-state index in [4.69, 9.17) is 0 Å². The topological polar surface area (TPSA) is 62.0 Å². The molecule has 6 heteroatoms. The third kappa shape index (κ3) is 2.67. The largest absolute Gasteiger partial charge is 0.318 e. The summed E-state index contributed by atoms with van der Waals surface area (Å²) in [5.74, 6) is -2.51. The minimum absolute atomic E-state index is 0.0761. The lowest BCUT2D eigenvalue weighted by molar-refractivity contribution is 0.102. The summed E-state index contributed by atoms with van der Waals surface area (Å²) in [6.07, 6.45) is 0. The third-order valence-electron chi connectivity index (χ3n) is 2.54.